The second-order valence-electron chi connectivity index (χ2n) is 6.07. The van der Waals surface area contributed by atoms with Crippen LogP contribution in [0.1, 0.15) is 13.8 Å². The van der Waals surface area contributed by atoms with Gasteiger partial charge >= 0.3 is 0 Å². The quantitative estimate of drug-likeness (QED) is 0.892. The molecule has 7 heteroatoms. The zero-order valence-corrected chi connectivity index (χ0v) is 14.1. The lowest BCUT2D eigenvalue weighted by Gasteiger charge is -2.37. The first-order valence-corrected chi connectivity index (χ1v) is 8.24. The molecule has 0 bridgehead atoms. The number of amides is 2. The number of nitrogens with one attached hydrogen (secondary N) is 1. The van der Waals surface area contributed by atoms with Crippen molar-refractivity contribution >= 4 is 17.5 Å². The summed E-state index contributed by atoms with van der Waals surface area (Å²) < 4.78 is 11.0. The van der Waals surface area contributed by atoms with Gasteiger partial charge in [-0.15, -0.1) is 0 Å². The van der Waals surface area contributed by atoms with E-state index in [0.717, 1.165) is 0 Å². The van der Waals surface area contributed by atoms with Crippen molar-refractivity contribution < 1.29 is 19.1 Å². The third kappa shape index (κ3) is 3.62. The zero-order valence-electron chi connectivity index (χ0n) is 14.1. The highest BCUT2D eigenvalue weighted by molar-refractivity contribution is 5.94. The third-order valence-electron chi connectivity index (χ3n) is 4.50. The SMILES string of the molecule is CC(=O)N1CCN([C@H](C)C(=O)Nc2ccc3c(c2)OCCO3)CC1. The Morgan fingerprint density at radius 3 is 2.42 bits per heavy atom. The van der Waals surface area contributed by atoms with Crippen molar-refractivity contribution in [1.82, 2.24) is 9.80 Å². The molecule has 0 saturated carbocycles. The Morgan fingerprint density at radius 2 is 1.75 bits per heavy atom. The lowest BCUT2D eigenvalue weighted by Crippen LogP contribution is -2.53. The van der Waals surface area contributed by atoms with Crippen molar-refractivity contribution in [2.24, 2.45) is 0 Å². The number of hydrogen-bond donors (Lipinski definition) is 1. The van der Waals surface area contributed by atoms with E-state index in [-0.39, 0.29) is 17.9 Å². The van der Waals surface area contributed by atoms with E-state index in [9.17, 15) is 9.59 Å². The first kappa shape index (κ1) is 16.6. The minimum Gasteiger partial charge on any atom is -0.486 e. The van der Waals surface area contributed by atoms with Crippen LogP contribution in [-0.2, 0) is 9.59 Å². The molecule has 0 radical (unpaired) electrons. The second kappa shape index (κ2) is 7.09. The van der Waals surface area contributed by atoms with Gasteiger partial charge in [0.2, 0.25) is 11.8 Å². The number of nitrogens with zero attached hydrogens (tertiary/aromatic N) is 2. The molecule has 1 atom stereocenters. The van der Waals surface area contributed by atoms with Crippen LogP contribution in [-0.4, -0.2) is 67.0 Å². The number of ether oxygens (including phenoxy) is 2. The van der Waals surface area contributed by atoms with Crippen molar-refractivity contribution in [1.29, 1.82) is 0 Å². The average Bonchev–Trinajstić information content (AvgIpc) is 2.61. The fourth-order valence-electron chi connectivity index (χ4n) is 2.96. The van der Waals surface area contributed by atoms with E-state index >= 15 is 0 Å². The maximum absolute atomic E-state index is 12.5. The first-order chi connectivity index (χ1) is 11.5. The van der Waals surface area contributed by atoms with Gasteiger partial charge in [-0.1, -0.05) is 0 Å². The van der Waals surface area contributed by atoms with E-state index in [1.54, 1.807) is 19.1 Å². The molecule has 2 heterocycles. The number of anilines is 1. The van der Waals surface area contributed by atoms with E-state index < -0.39 is 0 Å². The van der Waals surface area contributed by atoms with Gasteiger partial charge in [0.05, 0.1) is 6.04 Å². The maximum atomic E-state index is 12.5. The molecule has 130 valence electrons. The average molecular weight is 333 g/mol. The summed E-state index contributed by atoms with van der Waals surface area (Å²) in [5, 5.41) is 2.93. The number of carbonyl (C=O) groups is 2. The van der Waals surface area contributed by atoms with Crippen molar-refractivity contribution in [3.63, 3.8) is 0 Å². The van der Waals surface area contributed by atoms with Crippen molar-refractivity contribution in [3.8, 4) is 11.5 Å². The highest BCUT2D eigenvalue weighted by atomic mass is 16.6. The topological polar surface area (TPSA) is 71.1 Å². The molecule has 1 aromatic carbocycles. The van der Waals surface area contributed by atoms with Crippen LogP contribution < -0.4 is 14.8 Å². The summed E-state index contributed by atoms with van der Waals surface area (Å²) in [6.45, 7) is 7.26. The summed E-state index contributed by atoms with van der Waals surface area (Å²) in [5.74, 6) is 1.38. The molecule has 0 spiro atoms. The predicted octanol–water partition coefficient (Wildman–Crippen LogP) is 0.949. The third-order valence-corrected chi connectivity index (χ3v) is 4.50. The molecule has 7 nitrogen and oxygen atoms in total. The Balaban J connectivity index is 1.57. The van der Waals surface area contributed by atoms with Gasteiger partial charge in [0.15, 0.2) is 11.5 Å². The van der Waals surface area contributed by atoms with Crippen LogP contribution in [0.4, 0.5) is 5.69 Å². The number of piperazine rings is 1. The van der Waals surface area contributed by atoms with Crippen LogP contribution in [0.5, 0.6) is 11.5 Å². The zero-order chi connectivity index (χ0) is 17.1. The molecular weight excluding hydrogens is 310 g/mol. The van der Waals surface area contributed by atoms with Gasteiger partial charge in [-0.3, -0.25) is 14.5 Å². The fourth-order valence-corrected chi connectivity index (χ4v) is 2.96. The number of benzene rings is 1. The van der Waals surface area contributed by atoms with Crippen LogP contribution in [0.2, 0.25) is 0 Å². The van der Waals surface area contributed by atoms with Crippen LogP contribution in [0.25, 0.3) is 0 Å². The van der Waals surface area contributed by atoms with Gasteiger partial charge in [-0.2, -0.15) is 0 Å². The summed E-state index contributed by atoms with van der Waals surface area (Å²) >= 11 is 0. The van der Waals surface area contributed by atoms with Gasteiger partial charge in [0, 0.05) is 44.9 Å². The van der Waals surface area contributed by atoms with Gasteiger partial charge in [-0.25, -0.2) is 0 Å². The Hall–Kier alpha value is -2.28. The smallest absolute Gasteiger partial charge is 0.241 e. The number of fused-ring (bicyclic) bond motifs is 1. The van der Waals surface area contributed by atoms with E-state index in [2.05, 4.69) is 10.2 Å². The van der Waals surface area contributed by atoms with Crippen molar-refractivity contribution in [2.45, 2.75) is 19.9 Å². The highest BCUT2D eigenvalue weighted by Crippen LogP contribution is 2.32. The normalized spacial score (nSPS) is 18.8. The standard InChI is InChI=1S/C17H23N3O4/c1-12(19-5-7-20(8-6-19)13(2)21)17(22)18-14-3-4-15-16(11-14)24-10-9-23-15/h3-4,11-12H,5-10H2,1-2H3,(H,18,22)/t12-/m1/s1. The first-order valence-electron chi connectivity index (χ1n) is 8.24. The molecule has 2 aliphatic rings. The van der Waals surface area contributed by atoms with Crippen LogP contribution in [0.3, 0.4) is 0 Å². The molecule has 1 fully saturated rings. The van der Waals surface area contributed by atoms with E-state index in [4.69, 9.17) is 9.47 Å². The Bertz CT molecular complexity index is 626. The van der Waals surface area contributed by atoms with Gasteiger partial charge in [0.1, 0.15) is 13.2 Å². The molecular formula is C17H23N3O4. The summed E-state index contributed by atoms with van der Waals surface area (Å²) in [5.41, 5.74) is 0.693. The Labute approximate surface area is 141 Å². The molecule has 1 saturated heterocycles. The molecule has 0 aromatic heterocycles. The van der Waals surface area contributed by atoms with Crippen molar-refractivity contribution in [2.75, 3.05) is 44.7 Å². The fraction of sp³-hybridized carbons (Fsp3) is 0.529. The Kier molecular flexibility index (Phi) is 4.89. The van der Waals surface area contributed by atoms with Crippen LogP contribution in [0, 0.1) is 0 Å². The summed E-state index contributed by atoms with van der Waals surface area (Å²) in [6.07, 6.45) is 0. The second-order valence-corrected chi connectivity index (χ2v) is 6.07. The molecule has 0 aliphatic carbocycles. The minimum atomic E-state index is -0.257. The monoisotopic (exact) mass is 333 g/mol. The van der Waals surface area contributed by atoms with E-state index in [1.807, 2.05) is 17.9 Å². The molecule has 3 rings (SSSR count). The van der Waals surface area contributed by atoms with Crippen LogP contribution >= 0.6 is 0 Å². The minimum absolute atomic E-state index is 0.0667. The molecule has 1 N–H and O–H groups in total. The van der Waals surface area contributed by atoms with E-state index in [0.29, 0.717) is 56.6 Å². The molecule has 2 aliphatic heterocycles. The Morgan fingerprint density at radius 1 is 1.08 bits per heavy atom. The number of rotatable bonds is 3. The van der Waals surface area contributed by atoms with Gasteiger partial charge in [0.25, 0.3) is 0 Å². The predicted molar refractivity (Wildman–Crippen MR) is 89.4 cm³/mol. The van der Waals surface area contributed by atoms with Gasteiger partial charge < -0.3 is 19.7 Å². The highest BCUT2D eigenvalue weighted by Gasteiger charge is 2.26. The van der Waals surface area contributed by atoms with Gasteiger partial charge in [-0.05, 0) is 19.1 Å². The summed E-state index contributed by atoms with van der Waals surface area (Å²) in [6, 6.07) is 5.14. The maximum Gasteiger partial charge on any atom is 0.241 e. The largest absolute Gasteiger partial charge is 0.486 e. The summed E-state index contributed by atoms with van der Waals surface area (Å²) in [4.78, 5) is 27.8. The molecule has 2 amide bonds. The van der Waals surface area contributed by atoms with Crippen LogP contribution in [0.15, 0.2) is 18.2 Å². The number of hydrogen-bond acceptors (Lipinski definition) is 5. The summed E-state index contributed by atoms with van der Waals surface area (Å²) in [7, 11) is 0. The molecule has 0 unspecified atom stereocenters. The lowest BCUT2D eigenvalue weighted by molar-refractivity contribution is -0.131. The van der Waals surface area contributed by atoms with E-state index in [1.165, 1.54) is 0 Å². The molecule has 1 aromatic rings. The number of carbonyl (C=O) groups excluding carboxylic acids is 2. The molecule has 24 heavy (non-hydrogen) atoms. The lowest BCUT2D eigenvalue weighted by atomic mass is 10.2. The van der Waals surface area contributed by atoms with Crippen molar-refractivity contribution in [3.05, 3.63) is 18.2 Å².